The van der Waals surface area contributed by atoms with Crippen LogP contribution in [0.2, 0.25) is 0 Å². The van der Waals surface area contributed by atoms with E-state index in [2.05, 4.69) is 65.4 Å². The molecule has 0 spiro atoms. The van der Waals surface area contributed by atoms with Crippen LogP contribution in [0.15, 0.2) is 43.1 Å². The molecular weight excluding hydrogens is 270 g/mol. The van der Waals surface area contributed by atoms with Gasteiger partial charge in [-0.05, 0) is 64.0 Å². The van der Waals surface area contributed by atoms with Gasteiger partial charge in [0.1, 0.15) is 0 Å². The third-order valence-corrected chi connectivity index (χ3v) is 5.05. The van der Waals surface area contributed by atoms with Gasteiger partial charge in [0, 0.05) is 22.6 Å². The van der Waals surface area contributed by atoms with Crippen LogP contribution in [-0.4, -0.2) is 42.1 Å². The second-order valence-corrected chi connectivity index (χ2v) is 6.61. The van der Waals surface area contributed by atoms with Crippen LogP contribution in [0.5, 0.6) is 0 Å². The number of aromatic nitrogens is 1. The topological polar surface area (TPSA) is 31.1 Å². The average Bonchev–Trinajstić information content (AvgIpc) is 2.94. The van der Waals surface area contributed by atoms with Crippen LogP contribution in [0.4, 0.5) is 0 Å². The lowest BCUT2D eigenvalue weighted by Crippen LogP contribution is -2.52. The summed E-state index contributed by atoms with van der Waals surface area (Å²) in [5, 5.41) is 5.20. The van der Waals surface area contributed by atoms with Gasteiger partial charge in [-0.2, -0.15) is 0 Å². The molecule has 1 aromatic carbocycles. The summed E-state index contributed by atoms with van der Waals surface area (Å²) in [5.41, 5.74) is 2.89. The molecule has 3 nitrogen and oxygen atoms in total. The highest BCUT2D eigenvalue weighted by atomic mass is 15.1. The summed E-state index contributed by atoms with van der Waals surface area (Å²) in [6, 6.07) is 8.54. The van der Waals surface area contributed by atoms with Crippen molar-refractivity contribution in [2.75, 3.05) is 26.7 Å². The molecule has 1 aliphatic rings. The predicted octanol–water partition coefficient (Wildman–Crippen LogP) is 3.34. The molecule has 1 saturated heterocycles. The van der Waals surface area contributed by atoms with Gasteiger partial charge in [0.2, 0.25) is 0 Å². The van der Waals surface area contributed by atoms with Crippen molar-refractivity contribution in [1.82, 2.24) is 15.2 Å². The number of nitrogens with zero attached hydrogens (tertiary/aromatic N) is 1. The van der Waals surface area contributed by atoms with Crippen LogP contribution in [0.1, 0.15) is 24.8 Å². The minimum Gasteiger partial charge on any atom is -0.361 e. The molecule has 0 aliphatic carbocycles. The van der Waals surface area contributed by atoms with E-state index in [9.17, 15) is 0 Å². The molecular formula is C19H27N3. The summed E-state index contributed by atoms with van der Waals surface area (Å²) >= 11 is 0. The van der Waals surface area contributed by atoms with Crippen molar-refractivity contribution in [2.45, 2.75) is 31.2 Å². The summed E-state index contributed by atoms with van der Waals surface area (Å²) in [6.07, 6.45) is 8.78. The molecule has 2 aromatic rings. The molecule has 1 fully saturated rings. The van der Waals surface area contributed by atoms with Gasteiger partial charge in [0.15, 0.2) is 0 Å². The lowest BCUT2D eigenvalue weighted by molar-refractivity contribution is 0.158. The summed E-state index contributed by atoms with van der Waals surface area (Å²) in [6.45, 7) is 7.34. The van der Waals surface area contributed by atoms with Gasteiger partial charge >= 0.3 is 0 Å². The van der Waals surface area contributed by atoms with Crippen molar-refractivity contribution in [3.05, 3.63) is 48.7 Å². The van der Waals surface area contributed by atoms with E-state index in [0.717, 1.165) is 19.4 Å². The SMILES string of the molecule is C=CCC1(NCCc2c[nH]c3ccccc23)CCN(C)CC1. The van der Waals surface area contributed by atoms with Crippen molar-refractivity contribution < 1.29 is 0 Å². The molecule has 2 N–H and O–H groups in total. The third kappa shape index (κ3) is 3.26. The maximum atomic E-state index is 3.96. The predicted molar refractivity (Wildman–Crippen MR) is 94.3 cm³/mol. The van der Waals surface area contributed by atoms with E-state index in [1.807, 2.05) is 0 Å². The Hall–Kier alpha value is -1.58. The monoisotopic (exact) mass is 297 g/mol. The fraction of sp³-hybridized carbons (Fsp3) is 0.474. The number of H-pyrrole nitrogens is 1. The summed E-state index contributed by atoms with van der Waals surface area (Å²) in [7, 11) is 2.21. The Morgan fingerprint density at radius 2 is 2.09 bits per heavy atom. The van der Waals surface area contributed by atoms with Crippen molar-refractivity contribution in [2.24, 2.45) is 0 Å². The molecule has 22 heavy (non-hydrogen) atoms. The number of nitrogens with one attached hydrogen (secondary N) is 2. The van der Waals surface area contributed by atoms with Crippen molar-refractivity contribution in [3.63, 3.8) is 0 Å². The minimum absolute atomic E-state index is 0.250. The highest BCUT2D eigenvalue weighted by molar-refractivity contribution is 5.83. The molecule has 1 aliphatic heterocycles. The van der Waals surface area contributed by atoms with Gasteiger partial charge in [-0.3, -0.25) is 0 Å². The molecule has 0 amide bonds. The van der Waals surface area contributed by atoms with Gasteiger partial charge in [0.25, 0.3) is 0 Å². The van der Waals surface area contributed by atoms with E-state index in [1.165, 1.54) is 42.4 Å². The Balaban J connectivity index is 1.62. The zero-order valence-electron chi connectivity index (χ0n) is 13.6. The molecule has 2 heterocycles. The van der Waals surface area contributed by atoms with E-state index in [1.54, 1.807) is 0 Å². The second kappa shape index (κ2) is 6.67. The van der Waals surface area contributed by atoms with E-state index >= 15 is 0 Å². The number of fused-ring (bicyclic) bond motifs is 1. The lowest BCUT2D eigenvalue weighted by atomic mass is 9.84. The Morgan fingerprint density at radius 1 is 1.32 bits per heavy atom. The fourth-order valence-electron chi connectivity index (χ4n) is 3.58. The standard InChI is InChI=1S/C19H27N3/c1-3-9-19(10-13-22(2)14-11-19)21-12-8-16-15-20-18-7-5-4-6-17(16)18/h3-7,15,20-21H,1,8-14H2,2H3. The van der Waals surface area contributed by atoms with Crippen LogP contribution in [0, 0.1) is 0 Å². The highest BCUT2D eigenvalue weighted by Crippen LogP contribution is 2.26. The number of likely N-dealkylation sites (tertiary alicyclic amines) is 1. The molecule has 3 heteroatoms. The summed E-state index contributed by atoms with van der Waals surface area (Å²) in [5.74, 6) is 0. The molecule has 0 bridgehead atoms. The molecule has 0 radical (unpaired) electrons. The Kier molecular flexibility index (Phi) is 4.65. The maximum Gasteiger partial charge on any atom is 0.0456 e. The van der Waals surface area contributed by atoms with Crippen molar-refractivity contribution in [1.29, 1.82) is 0 Å². The molecule has 0 saturated carbocycles. The first-order valence-corrected chi connectivity index (χ1v) is 8.32. The van der Waals surface area contributed by atoms with Crippen molar-refractivity contribution in [3.8, 4) is 0 Å². The zero-order chi connectivity index (χ0) is 15.4. The van der Waals surface area contributed by atoms with Crippen LogP contribution in [0.25, 0.3) is 10.9 Å². The van der Waals surface area contributed by atoms with Gasteiger partial charge < -0.3 is 15.2 Å². The van der Waals surface area contributed by atoms with Crippen LogP contribution >= 0.6 is 0 Å². The van der Waals surface area contributed by atoms with Crippen LogP contribution in [-0.2, 0) is 6.42 Å². The second-order valence-electron chi connectivity index (χ2n) is 6.61. The molecule has 0 atom stereocenters. The number of aromatic amines is 1. The van der Waals surface area contributed by atoms with E-state index in [4.69, 9.17) is 0 Å². The largest absolute Gasteiger partial charge is 0.361 e. The molecule has 3 rings (SSSR count). The first kappa shape index (κ1) is 15.3. The van der Waals surface area contributed by atoms with Gasteiger partial charge in [-0.25, -0.2) is 0 Å². The molecule has 0 unspecified atom stereocenters. The Morgan fingerprint density at radius 3 is 2.86 bits per heavy atom. The summed E-state index contributed by atoms with van der Waals surface area (Å²) in [4.78, 5) is 5.79. The number of hydrogen-bond donors (Lipinski definition) is 2. The smallest absolute Gasteiger partial charge is 0.0456 e. The average molecular weight is 297 g/mol. The lowest BCUT2D eigenvalue weighted by Gasteiger charge is -2.41. The number of benzene rings is 1. The fourth-order valence-corrected chi connectivity index (χ4v) is 3.58. The van der Waals surface area contributed by atoms with Crippen LogP contribution < -0.4 is 5.32 Å². The highest BCUT2D eigenvalue weighted by Gasteiger charge is 2.31. The van der Waals surface area contributed by atoms with Gasteiger partial charge in [0.05, 0.1) is 0 Å². The number of rotatable bonds is 6. The third-order valence-electron chi connectivity index (χ3n) is 5.05. The Bertz CT molecular complexity index is 620. The van der Waals surface area contributed by atoms with Gasteiger partial charge in [-0.15, -0.1) is 6.58 Å². The Labute approximate surface area is 133 Å². The van der Waals surface area contributed by atoms with E-state index < -0.39 is 0 Å². The molecule has 1 aromatic heterocycles. The summed E-state index contributed by atoms with van der Waals surface area (Å²) < 4.78 is 0. The number of para-hydroxylation sites is 1. The first-order chi connectivity index (χ1) is 10.7. The minimum atomic E-state index is 0.250. The molecule has 118 valence electrons. The zero-order valence-corrected chi connectivity index (χ0v) is 13.6. The number of hydrogen-bond acceptors (Lipinski definition) is 2. The van der Waals surface area contributed by atoms with Crippen LogP contribution in [0.3, 0.4) is 0 Å². The quantitative estimate of drug-likeness (QED) is 0.801. The maximum absolute atomic E-state index is 3.96. The van der Waals surface area contributed by atoms with E-state index in [-0.39, 0.29) is 5.54 Å². The van der Waals surface area contributed by atoms with Crippen molar-refractivity contribution >= 4 is 10.9 Å². The first-order valence-electron chi connectivity index (χ1n) is 8.32. The normalized spacial score (nSPS) is 18.6. The van der Waals surface area contributed by atoms with E-state index in [0.29, 0.717) is 0 Å². The number of piperidine rings is 1. The van der Waals surface area contributed by atoms with Gasteiger partial charge in [-0.1, -0.05) is 24.3 Å².